The molecule has 10 rings (SSSR count). The summed E-state index contributed by atoms with van der Waals surface area (Å²) in [6.45, 7) is 0. The second kappa shape index (κ2) is 11.5. The van der Waals surface area contributed by atoms with E-state index in [1.807, 2.05) is 6.07 Å². The van der Waals surface area contributed by atoms with E-state index in [-0.39, 0.29) is 0 Å². The predicted molar refractivity (Wildman–Crippen MR) is 212 cm³/mol. The lowest BCUT2D eigenvalue weighted by Crippen LogP contribution is -2.11. The fraction of sp³-hybridized carbons (Fsp3) is 0. The van der Waals surface area contributed by atoms with Gasteiger partial charge in [0.25, 0.3) is 0 Å². The van der Waals surface area contributed by atoms with Gasteiger partial charge in [-0.3, -0.25) is 0 Å². The van der Waals surface area contributed by atoms with E-state index in [4.69, 9.17) is 4.42 Å². The van der Waals surface area contributed by atoms with E-state index < -0.39 is 0 Å². The maximum atomic E-state index is 6.62. The third-order valence-electron chi connectivity index (χ3n) is 10.0. The SMILES string of the molecule is c1ccc(N(c2ccc(-c3ccc4ccccc4c3)cc2)c2cccc3ccccc23)c(-c2cccc3ccc4c5ccccc5oc4c23)c1. The third kappa shape index (κ3) is 4.57. The van der Waals surface area contributed by atoms with Crippen molar-refractivity contribution in [1.29, 1.82) is 0 Å². The Balaban J connectivity index is 1.20. The summed E-state index contributed by atoms with van der Waals surface area (Å²) < 4.78 is 6.62. The van der Waals surface area contributed by atoms with Crippen LogP contribution in [0.1, 0.15) is 0 Å². The van der Waals surface area contributed by atoms with Gasteiger partial charge in [-0.1, -0.05) is 146 Å². The first-order valence-corrected chi connectivity index (χ1v) is 17.1. The Bertz CT molecular complexity index is 2870. The molecule has 0 amide bonds. The molecule has 1 heterocycles. The van der Waals surface area contributed by atoms with Crippen molar-refractivity contribution in [1.82, 2.24) is 0 Å². The van der Waals surface area contributed by atoms with Gasteiger partial charge in [-0.2, -0.15) is 0 Å². The molecule has 0 saturated carbocycles. The van der Waals surface area contributed by atoms with Crippen LogP contribution in [0.5, 0.6) is 0 Å². The number of nitrogens with zero attached hydrogens (tertiary/aromatic N) is 1. The molecular weight excluding hydrogens is 607 g/mol. The Morgan fingerprint density at radius 3 is 1.88 bits per heavy atom. The summed E-state index contributed by atoms with van der Waals surface area (Å²) in [6.07, 6.45) is 0. The molecule has 0 N–H and O–H groups in total. The van der Waals surface area contributed by atoms with Gasteiger partial charge in [0.1, 0.15) is 11.2 Å². The van der Waals surface area contributed by atoms with E-state index in [9.17, 15) is 0 Å². The second-order valence-corrected chi connectivity index (χ2v) is 12.9. The van der Waals surface area contributed by atoms with Crippen molar-refractivity contribution in [3.63, 3.8) is 0 Å². The lowest BCUT2D eigenvalue weighted by Gasteiger charge is -2.29. The quantitative estimate of drug-likeness (QED) is 0.187. The number of hydrogen-bond donors (Lipinski definition) is 0. The second-order valence-electron chi connectivity index (χ2n) is 12.9. The summed E-state index contributed by atoms with van der Waals surface area (Å²) in [5.41, 5.74) is 9.81. The summed E-state index contributed by atoms with van der Waals surface area (Å²) in [6, 6.07) is 67.5. The molecule has 0 fully saturated rings. The molecular formula is C48H31NO. The van der Waals surface area contributed by atoms with Crippen LogP contribution in [-0.4, -0.2) is 0 Å². The first kappa shape index (κ1) is 28.4. The van der Waals surface area contributed by atoms with Gasteiger partial charge in [-0.05, 0) is 80.7 Å². The number of anilines is 3. The highest BCUT2D eigenvalue weighted by Crippen LogP contribution is 2.46. The molecule has 0 atom stereocenters. The standard InChI is InChI=1S/C48H31NO/c1-2-13-36-31-37(24-23-32(36)11-1)33-25-28-38(29-26-33)49(44-21-10-14-34-12-3-4-16-39(34)44)45-20-7-5-17-40(45)42-19-9-15-35-27-30-43-41-18-6-8-22-46(41)50-48(43)47(35)42/h1-31H. The topological polar surface area (TPSA) is 16.4 Å². The van der Waals surface area contributed by atoms with Crippen molar-refractivity contribution in [2.75, 3.05) is 4.90 Å². The molecule has 234 valence electrons. The number of benzene rings is 9. The average Bonchev–Trinajstić information content (AvgIpc) is 3.57. The van der Waals surface area contributed by atoms with Crippen LogP contribution in [-0.2, 0) is 0 Å². The van der Waals surface area contributed by atoms with E-state index in [0.717, 1.165) is 60.9 Å². The summed E-state index contributed by atoms with van der Waals surface area (Å²) >= 11 is 0. The van der Waals surface area contributed by atoms with Crippen molar-refractivity contribution >= 4 is 71.3 Å². The Morgan fingerprint density at radius 1 is 0.360 bits per heavy atom. The molecule has 2 heteroatoms. The van der Waals surface area contributed by atoms with Crippen molar-refractivity contribution in [2.24, 2.45) is 0 Å². The predicted octanol–water partition coefficient (Wildman–Crippen LogP) is 13.8. The van der Waals surface area contributed by atoms with Crippen LogP contribution in [0.4, 0.5) is 17.1 Å². The van der Waals surface area contributed by atoms with Gasteiger partial charge in [0, 0.05) is 32.8 Å². The minimum atomic E-state index is 0.905. The summed E-state index contributed by atoms with van der Waals surface area (Å²) in [7, 11) is 0. The van der Waals surface area contributed by atoms with Gasteiger partial charge in [-0.15, -0.1) is 0 Å². The lowest BCUT2D eigenvalue weighted by atomic mass is 9.94. The molecule has 50 heavy (non-hydrogen) atoms. The zero-order chi connectivity index (χ0) is 33.0. The van der Waals surface area contributed by atoms with E-state index in [2.05, 4.69) is 187 Å². The van der Waals surface area contributed by atoms with Gasteiger partial charge in [0.15, 0.2) is 0 Å². The molecule has 10 aromatic rings. The van der Waals surface area contributed by atoms with Crippen molar-refractivity contribution in [3.8, 4) is 22.3 Å². The van der Waals surface area contributed by atoms with Crippen molar-refractivity contribution in [2.45, 2.75) is 0 Å². The highest BCUT2D eigenvalue weighted by atomic mass is 16.3. The third-order valence-corrected chi connectivity index (χ3v) is 10.0. The van der Waals surface area contributed by atoms with Crippen LogP contribution in [0.25, 0.3) is 76.5 Å². The van der Waals surface area contributed by atoms with Crippen LogP contribution < -0.4 is 4.90 Å². The van der Waals surface area contributed by atoms with Gasteiger partial charge in [-0.25, -0.2) is 0 Å². The largest absolute Gasteiger partial charge is 0.455 e. The molecule has 0 aliphatic carbocycles. The molecule has 0 aliphatic rings. The molecule has 1 aromatic heterocycles. The van der Waals surface area contributed by atoms with E-state index in [0.29, 0.717) is 0 Å². The first-order valence-electron chi connectivity index (χ1n) is 17.1. The van der Waals surface area contributed by atoms with Crippen LogP contribution >= 0.6 is 0 Å². The average molecular weight is 638 g/mol. The molecule has 0 bridgehead atoms. The zero-order valence-corrected chi connectivity index (χ0v) is 27.3. The van der Waals surface area contributed by atoms with Crippen LogP contribution in [0.2, 0.25) is 0 Å². The number of para-hydroxylation sites is 2. The Morgan fingerprint density at radius 2 is 0.980 bits per heavy atom. The molecule has 0 unspecified atom stereocenters. The van der Waals surface area contributed by atoms with E-state index in [1.165, 1.54) is 32.7 Å². The number of hydrogen-bond acceptors (Lipinski definition) is 2. The van der Waals surface area contributed by atoms with E-state index in [1.54, 1.807) is 0 Å². The lowest BCUT2D eigenvalue weighted by molar-refractivity contribution is 0.673. The molecule has 9 aromatic carbocycles. The summed E-state index contributed by atoms with van der Waals surface area (Å²) in [5.74, 6) is 0. The molecule has 0 radical (unpaired) electrons. The van der Waals surface area contributed by atoms with Gasteiger partial charge in [0.2, 0.25) is 0 Å². The van der Waals surface area contributed by atoms with Crippen LogP contribution in [0.3, 0.4) is 0 Å². The first-order chi connectivity index (χ1) is 24.8. The summed E-state index contributed by atoms with van der Waals surface area (Å²) in [5, 5.41) is 9.44. The Kier molecular flexibility index (Phi) is 6.53. The molecule has 0 saturated heterocycles. The molecule has 0 aliphatic heterocycles. The van der Waals surface area contributed by atoms with Crippen LogP contribution in [0.15, 0.2) is 192 Å². The normalized spacial score (nSPS) is 11.6. The minimum Gasteiger partial charge on any atom is -0.455 e. The molecule has 2 nitrogen and oxygen atoms in total. The smallest absolute Gasteiger partial charge is 0.143 e. The number of fused-ring (bicyclic) bond motifs is 7. The monoisotopic (exact) mass is 637 g/mol. The highest BCUT2D eigenvalue weighted by Gasteiger charge is 2.21. The Hall–Kier alpha value is -6.64. The number of rotatable bonds is 5. The highest BCUT2D eigenvalue weighted by molar-refractivity contribution is 6.19. The van der Waals surface area contributed by atoms with Gasteiger partial charge < -0.3 is 9.32 Å². The maximum Gasteiger partial charge on any atom is 0.143 e. The number of furan rings is 1. The van der Waals surface area contributed by atoms with Crippen molar-refractivity contribution in [3.05, 3.63) is 188 Å². The van der Waals surface area contributed by atoms with Gasteiger partial charge >= 0.3 is 0 Å². The Labute approximate surface area is 290 Å². The zero-order valence-electron chi connectivity index (χ0n) is 27.3. The fourth-order valence-electron chi connectivity index (χ4n) is 7.66. The molecule has 0 spiro atoms. The van der Waals surface area contributed by atoms with Gasteiger partial charge in [0.05, 0.1) is 11.4 Å². The van der Waals surface area contributed by atoms with Crippen LogP contribution in [0, 0.1) is 0 Å². The summed E-state index contributed by atoms with van der Waals surface area (Å²) in [4.78, 5) is 2.42. The minimum absolute atomic E-state index is 0.905. The fourth-order valence-corrected chi connectivity index (χ4v) is 7.66. The van der Waals surface area contributed by atoms with Crippen molar-refractivity contribution < 1.29 is 4.42 Å². The van der Waals surface area contributed by atoms with E-state index >= 15 is 0 Å². The maximum absolute atomic E-state index is 6.62.